The van der Waals surface area contributed by atoms with Gasteiger partial charge in [-0.05, 0) is 13.8 Å². The molecule has 7 heteroatoms. The van der Waals surface area contributed by atoms with Crippen LogP contribution in [0.15, 0.2) is 11.0 Å². The molecule has 7 nitrogen and oxygen atoms in total. The predicted octanol–water partition coefficient (Wildman–Crippen LogP) is 0.773. The Morgan fingerprint density at radius 1 is 1.18 bits per heavy atom. The van der Waals surface area contributed by atoms with Gasteiger partial charge >= 0.3 is 0 Å². The number of anilines is 2. The number of rotatable bonds is 2. The van der Waals surface area contributed by atoms with Crippen molar-refractivity contribution in [1.82, 2.24) is 19.5 Å². The third-order valence-corrected chi connectivity index (χ3v) is 4.02. The van der Waals surface area contributed by atoms with Crippen LogP contribution in [0.4, 0.5) is 11.8 Å². The lowest BCUT2D eigenvalue weighted by atomic mass is 10.2. The van der Waals surface area contributed by atoms with Crippen molar-refractivity contribution in [3.8, 4) is 0 Å². The number of nitrogens with zero attached hydrogens (tertiary/aromatic N) is 6. The van der Waals surface area contributed by atoms with Gasteiger partial charge in [0, 0.05) is 32.9 Å². The molecule has 1 aliphatic heterocycles. The molecule has 0 saturated carbocycles. The van der Waals surface area contributed by atoms with Gasteiger partial charge in [-0.1, -0.05) is 0 Å². The first-order valence-corrected chi connectivity index (χ1v) is 7.19. The summed E-state index contributed by atoms with van der Waals surface area (Å²) < 4.78 is 1.59. The summed E-state index contributed by atoms with van der Waals surface area (Å²) in [6.45, 7) is 4.91. The molecule has 22 heavy (non-hydrogen) atoms. The van der Waals surface area contributed by atoms with E-state index in [2.05, 4.69) is 15.0 Å². The summed E-state index contributed by atoms with van der Waals surface area (Å²) in [7, 11) is 5.66. The van der Waals surface area contributed by atoms with Gasteiger partial charge in [-0.15, -0.1) is 0 Å². The summed E-state index contributed by atoms with van der Waals surface area (Å²) in [6, 6.07) is 0. The zero-order valence-electron chi connectivity index (χ0n) is 13.6. The van der Waals surface area contributed by atoms with Crippen LogP contribution in [-0.4, -0.2) is 33.6 Å². The Morgan fingerprint density at radius 2 is 1.91 bits per heavy atom. The Labute approximate surface area is 129 Å². The maximum atomic E-state index is 12.3. The molecule has 0 amide bonds. The molecule has 0 aliphatic carbocycles. The maximum Gasteiger partial charge on any atom is 0.258 e. The number of hydrogen-bond acceptors (Lipinski definition) is 6. The molecular formula is C15H20N6O. The third-order valence-electron chi connectivity index (χ3n) is 4.02. The molecule has 116 valence electrons. The average Bonchev–Trinajstić information content (AvgIpc) is 2.89. The Bertz CT molecular complexity index is 795. The van der Waals surface area contributed by atoms with Crippen molar-refractivity contribution >= 4 is 11.8 Å². The van der Waals surface area contributed by atoms with E-state index in [0.717, 1.165) is 28.5 Å². The van der Waals surface area contributed by atoms with E-state index in [-0.39, 0.29) is 5.56 Å². The Kier molecular flexibility index (Phi) is 3.35. The zero-order chi connectivity index (χ0) is 16.0. The molecule has 0 bridgehead atoms. The quantitative estimate of drug-likeness (QED) is 0.816. The minimum atomic E-state index is 0.0185. The topological polar surface area (TPSA) is 67.2 Å². The standard InChI is InChI=1S/C15H20N6O/c1-9-6-16-15(18-13(9)19(3)4)21-7-11-12(8-21)17-10(2)20(5)14(11)22/h6H,7-8H2,1-5H3. The third kappa shape index (κ3) is 2.22. The van der Waals surface area contributed by atoms with Crippen molar-refractivity contribution in [1.29, 1.82) is 0 Å². The fraction of sp³-hybridized carbons (Fsp3) is 0.467. The van der Waals surface area contributed by atoms with Gasteiger partial charge in [0.1, 0.15) is 11.6 Å². The number of aromatic nitrogens is 4. The van der Waals surface area contributed by atoms with Gasteiger partial charge in [0.2, 0.25) is 5.95 Å². The highest BCUT2D eigenvalue weighted by Gasteiger charge is 2.26. The fourth-order valence-electron chi connectivity index (χ4n) is 2.70. The van der Waals surface area contributed by atoms with Crippen molar-refractivity contribution in [3.63, 3.8) is 0 Å². The Balaban J connectivity index is 1.99. The minimum Gasteiger partial charge on any atom is -0.362 e. The average molecular weight is 300 g/mol. The summed E-state index contributed by atoms with van der Waals surface area (Å²) in [5.41, 5.74) is 2.61. The van der Waals surface area contributed by atoms with Gasteiger partial charge in [-0.25, -0.2) is 9.97 Å². The van der Waals surface area contributed by atoms with E-state index in [0.29, 0.717) is 19.0 Å². The first-order chi connectivity index (χ1) is 10.4. The first kappa shape index (κ1) is 14.5. The van der Waals surface area contributed by atoms with Crippen LogP contribution >= 0.6 is 0 Å². The molecule has 0 N–H and O–H groups in total. The number of aryl methyl sites for hydroxylation is 2. The van der Waals surface area contributed by atoms with Crippen molar-refractivity contribution in [2.75, 3.05) is 23.9 Å². The summed E-state index contributed by atoms with van der Waals surface area (Å²) in [4.78, 5) is 29.8. The molecule has 2 aromatic heterocycles. The summed E-state index contributed by atoms with van der Waals surface area (Å²) in [6.07, 6.45) is 1.82. The largest absolute Gasteiger partial charge is 0.362 e. The Hall–Kier alpha value is -2.44. The molecule has 0 aromatic carbocycles. The van der Waals surface area contributed by atoms with Crippen molar-refractivity contribution in [3.05, 3.63) is 39.2 Å². The monoisotopic (exact) mass is 300 g/mol. The van der Waals surface area contributed by atoms with E-state index in [1.165, 1.54) is 0 Å². The Morgan fingerprint density at radius 3 is 2.59 bits per heavy atom. The van der Waals surface area contributed by atoms with Crippen LogP contribution in [0.25, 0.3) is 0 Å². The molecule has 0 unspecified atom stereocenters. The van der Waals surface area contributed by atoms with E-state index in [4.69, 9.17) is 0 Å². The van der Waals surface area contributed by atoms with Crippen molar-refractivity contribution in [2.24, 2.45) is 7.05 Å². The van der Waals surface area contributed by atoms with Crippen LogP contribution in [0.2, 0.25) is 0 Å². The lowest BCUT2D eigenvalue weighted by Gasteiger charge is -2.19. The minimum absolute atomic E-state index is 0.0185. The van der Waals surface area contributed by atoms with Crippen molar-refractivity contribution in [2.45, 2.75) is 26.9 Å². The molecule has 0 spiro atoms. The highest BCUT2D eigenvalue weighted by atomic mass is 16.1. The second-order valence-corrected chi connectivity index (χ2v) is 5.88. The fourth-order valence-corrected chi connectivity index (χ4v) is 2.70. The molecule has 0 atom stereocenters. The lowest BCUT2D eigenvalue weighted by Crippen LogP contribution is -2.25. The first-order valence-electron chi connectivity index (χ1n) is 7.19. The van der Waals surface area contributed by atoms with Gasteiger partial charge in [0.25, 0.3) is 5.56 Å². The van der Waals surface area contributed by atoms with Gasteiger partial charge < -0.3 is 9.80 Å². The number of hydrogen-bond donors (Lipinski definition) is 0. The maximum absolute atomic E-state index is 12.3. The summed E-state index contributed by atoms with van der Waals surface area (Å²) in [5.74, 6) is 2.24. The van der Waals surface area contributed by atoms with Gasteiger partial charge in [0.05, 0.1) is 24.3 Å². The highest BCUT2D eigenvalue weighted by Crippen LogP contribution is 2.25. The number of fused-ring (bicyclic) bond motifs is 1. The molecule has 1 aliphatic rings. The van der Waals surface area contributed by atoms with Crippen LogP contribution in [0.5, 0.6) is 0 Å². The van der Waals surface area contributed by atoms with E-state index < -0.39 is 0 Å². The normalized spacial score (nSPS) is 13.4. The smallest absolute Gasteiger partial charge is 0.258 e. The summed E-state index contributed by atoms with van der Waals surface area (Å²) in [5, 5.41) is 0. The molecule has 3 heterocycles. The van der Waals surface area contributed by atoms with Crippen LogP contribution < -0.4 is 15.4 Å². The highest BCUT2D eigenvalue weighted by molar-refractivity contribution is 5.50. The lowest BCUT2D eigenvalue weighted by molar-refractivity contribution is 0.754. The zero-order valence-corrected chi connectivity index (χ0v) is 13.6. The van der Waals surface area contributed by atoms with E-state index in [9.17, 15) is 4.79 Å². The predicted molar refractivity (Wildman–Crippen MR) is 85.2 cm³/mol. The molecule has 0 saturated heterocycles. The summed E-state index contributed by atoms with van der Waals surface area (Å²) >= 11 is 0. The van der Waals surface area contributed by atoms with E-state index in [1.807, 2.05) is 43.9 Å². The van der Waals surface area contributed by atoms with Gasteiger partial charge in [0.15, 0.2) is 0 Å². The molecule has 2 aromatic rings. The molecule has 0 radical (unpaired) electrons. The van der Waals surface area contributed by atoms with Crippen LogP contribution in [0, 0.1) is 13.8 Å². The van der Waals surface area contributed by atoms with Crippen molar-refractivity contribution < 1.29 is 0 Å². The second kappa shape index (κ2) is 5.08. The molecule has 3 rings (SSSR count). The van der Waals surface area contributed by atoms with E-state index >= 15 is 0 Å². The van der Waals surface area contributed by atoms with E-state index in [1.54, 1.807) is 11.6 Å². The molecular weight excluding hydrogens is 280 g/mol. The van der Waals surface area contributed by atoms with Crippen LogP contribution in [0.1, 0.15) is 22.6 Å². The van der Waals surface area contributed by atoms with Crippen LogP contribution in [-0.2, 0) is 20.1 Å². The SMILES string of the molecule is Cc1cnc(N2Cc3nc(C)n(C)c(=O)c3C2)nc1N(C)C. The second-order valence-electron chi connectivity index (χ2n) is 5.88. The molecule has 0 fully saturated rings. The van der Waals surface area contributed by atoms with Crippen LogP contribution in [0.3, 0.4) is 0 Å². The van der Waals surface area contributed by atoms with Gasteiger partial charge in [-0.3, -0.25) is 9.36 Å². The van der Waals surface area contributed by atoms with Gasteiger partial charge in [-0.2, -0.15) is 4.98 Å².